The van der Waals surface area contributed by atoms with Crippen molar-refractivity contribution in [3.8, 4) is 34.0 Å². The van der Waals surface area contributed by atoms with Gasteiger partial charge in [0.1, 0.15) is 11.5 Å². The van der Waals surface area contributed by atoms with Gasteiger partial charge in [0.15, 0.2) is 8.07 Å². The van der Waals surface area contributed by atoms with Crippen LogP contribution in [0.25, 0.3) is 22.5 Å². The monoisotopic (exact) mass is 876 g/mol. The zero-order chi connectivity index (χ0) is 43.3. The molecule has 66 heavy (non-hydrogen) atoms. The number of nitrogens with zero attached hydrogens (tertiary/aromatic N) is 4. The molecule has 14 rings (SSSR count). The SMILES string of the molecule is c1ccc(N2c3ccccc3[Si]3(c4ccccc42)c2cc(-c4ccccn4)ccc2N(c2cc4c5c(c2)Sc2ccccc2B5c2ccccc2O4)c2ccc(-c4ccccn4)cc23)cc1. The Morgan fingerprint density at radius 1 is 0.409 bits per heavy atom. The number of para-hydroxylation sites is 4. The molecule has 0 N–H and O–H groups in total. The van der Waals surface area contributed by atoms with E-state index in [1.54, 1.807) is 0 Å². The van der Waals surface area contributed by atoms with E-state index in [-0.39, 0.29) is 6.71 Å². The summed E-state index contributed by atoms with van der Waals surface area (Å²) in [6, 6.07) is 77.8. The fraction of sp³-hybridized carbons (Fsp3) is 0. The van der Waals surface area contributed by atoms with Crippen molar-refractivity contribution in [2.75, 3.05) is 9.80 Å². The number of pyridine rings is 2. The van der Waals surface area contributed by atoms with Gasteiger partial charge in [0.05, 0.1) is 17.1 Å². The Kier molecular flexibility index (Phi) is 8.26. The fourth-order valence-electron chi connectivity index (χ4n) is 11.2. The fourth-order valence-corrected chi connectivity index (χ4v) is 17.9. The molecule has 0 atom stereocenters. The van der Waals surface area contributed by atoms with Crippen molar-refractivity contribution < 1.29 is 4.74 Å². The summed E-state index contributed by atoms with van der Waals surface area (Å²) >= 11 is 1.85. The predicted octanol–water partition coefficient (Wildman–Crippen LogP) is 9.84. The highest BCUT2D eigenvalue weighted by Gasteiger charge is 2.54. The third-order valence-corrected chi connectivity index (χ3v) is 19.9. The molecule has 10 aromatic rings. The second kappa shape index (κ2) is 14.6. The standard InChI is InChI=1S/C58H37BN4OSSi/c1-2-16-40(17-3-1)62-46-22-6-10-26-54(46)66(55-27-11-7-23-47(55)62)56-34-38(44-20-12-14-32-60-44)28-30-48(56)63(49-31-29-39(35-57(49)66)45-21-13-15-33-61-45)41-36-51-58-53(37-41)65-52-25-9-5-19-43(52)59(58)42-18-4-8-24-50(42)64-51/h1-37H. The minimum Gasteiger partial charge on any atom is -0.458 e. The molecule has 0 amide bonds. The Bertz CT molecular complexity index is 3380. The lowest BCUT2D eigenvalue weighted by Gasteiger charge is -2.50. The van der Waals surface area contributed by atoms with E-state index in [0.29, 0.717) is 0 Å². The van der Waals surface area contributed by atoms with Gasteiger partial charge >= 0.3 is 0 Å². The van der Waals surface area contributed by atoms with Crippen LogP contribution in [0.15, 0.2) is 235 Å². The normalized spacial score (nSPS) is 14.2. The average molecular weight is 877 g/mol. The Morgan fingerprint density at radius 3 is 1.61 bits per heavy atom. The molecule has 0 fully saturated rings. The van der Waals surface area contributed by atoms with Crippen LogP contribution >= 0.6 is 11.8 Å². The molecule has 1 spiro atoms. The maximum absolute atomic E-state index is 7.00. The van der Waals surface area contributed by atoms with Crippen LogP contribution < -0.4 is 51.7 Å². The first kappa shape index (κ1) is 37.5. The van der Waals surface area contributed by atoms with E-state index in [4.69, 9.17) is 14.7 Å². The summed E-state index contributed by atoms with van der Waals surface area (Å²) in [5.41, 5.74) is 14.7. The molecule has 5 nitrogen and oxygen atoms in total. The van der Waals surface area contributed by atoms with Crippen molar-refractivity contribution in [2.24, 2.45) is 0 Å². The van der Waals surface area contributed by atoms with Gasteiger partial charge in [-0.15, -0.1) is 0 Å². The minimum absolute atomic E-state index is 0.0766. The Labute approximate surface area is 388 Å². The molecule has 2 aromatic heterocycles. The molecule has 0 saturated heterocycles. The number of benzene rings is 8. The zero-order valence-electron chi connectivity index (χ0n) is 35.5. The van der Waals surface area contributed by atoms with Gasteiger partial charge in [0.25, 0.3) is 6.71 Å². The molecule has 0 unspecified atom stereocenters. The van der Waals surface area contributed by atoms with Gasteiger partial charge in [-0.3, -0.25) is 9.97 Å². The summed E-state index contributed by atoms with van der Waals surface area (Å²) < 4.78 is 7.00. The first-order chi connectivity index (χ1) is 32.7. The van der Waals surface area contributed by atoms with Gasteiger partial charge in [-0.2, -0.15) is 0 Å². The molecule has 0 bridgehead atoms. The number of ether oxygens (including phenoxy) is 1. The van der Waals surface area contributed by atoms with Crippen LogP contribution in [-0.4, -0.2) is 24.8 Å². The summed E-state index contributed by atoms with van der Waals surface area (Å²) in [6.45, 7) is 0.0766. The Morgan fingerprint density at radius 2 is 0.955 bits per heavy atom. The van der Waals surface area contributed by atoms with Gasteiger partial charge in [0.2, 0.25) is 0 Å². The molecule has 0 radical (unpaired) electrons. The van der Waals surface area contributed by atoms with Crippen molar-refractivity contribution in [3.05, 3.63) is 225 Å². The summed E-state index contributed by atoms with van der Waals surface area (Å²) in [5, 5.41) is 5.28. The predicted molar refractivity (Wildman–Crippen MR) is 275 cm³/mol. The molecule has 308 valence electrons. The highest BCUT2D eigenvalue weighted by Crippen LogP contribution is 2.48. The van der Waals surface area contributed by atoms with Gasteiger partial charge in [-0.05, 0) is 111 Å². The lowest BCUT2D eigenvalue weighted by molar-refractivity contribution is 0.486. The Balaban J connectivity index is 1.10. The number of anilines is 6. The number of fused-ring (bicyclic) bond motifs is 12. The van der Waals surface area contributed by atoms with Crippen LogP contribution in [0.4, 0.5) is 34.1 Å². The van der Waals surface area contributed by atoms with Crippen molar-refractivity contribution in [2.45, 2.75) is 9.79 Å². The molecular weight excluding hydrogens is 840 g/mol. The van der Waals surface area contributed by atoms with E-state index in [9.17, 15) is 0 Å². The lowest BCUT2D eigenvalue weighted by Crippen LogP contribution is -2.79. The highest BCUT2D eigenvalue weighted by molar-refractivity contribution is 8.00. The second-order valence-electron chi connectivity index (χ2n) is 17.3. The molecule has 0 saturated carbocycles. The maximum Gasteiger partial charge on any atom is 0.253 e. The smallest absolute Gasteiger partial charge is 0.253 e. The summed E-state index contributed by atoms with van der Waals surface area (Å²) in [6.07, 6.45) is 3.79. The van der Waals surface area contributed by atoms with E-state index in [0.717, 1.165) is 56.8 Å². The lowest BCUT2D eigenvalue weighted by atomic mass is 9.35. The third kappa shape index (κ3) is 5.37. The highest BCUT2D eigenvalue weighted by atomic mass is 32.2. The van der Waals surface area contributed by atoms with Crippen LogP contribution in [0.2, 0.25) is 0 Å². The van der Waals surface area contributed by atoms with Crippen LogP contribution in [0.1, 0.15) is 0 Å². The van der Waals surface area contributed by atoms with Gasteiger partial charge in [0, 0.05) is 67.8 Å². The van der Waals surface area contributed by atoms with Crippen LogP contribution in [0.5, 0.6) is 11.5 Å². The van der Waals surface area contributed by atoms with Crippen LogP contribution in [-0.2, 0) is 0 Å². The minimum atomic E-state index is -3.25. The van der Waals surface area contributed by atoms with Gasteiger partial charge < -0.3 is 14.5 Å². The Hall–Kier alpha value is -7.91. The van der Waals surface area contributed by atoms with Crippen molar-refractivity contribution in [1.29, 1.82) is 0 Å². The quantitative estimate of drug-likeness (QED) is 0.164. The number of hydrogen-bond donors (Lipinski definition) is 0. The third-order valence-electron chi connectivity index (χ3n) is 13.9. The van der Waals surface area contributed by atoms with E-state index in [2.05, 4.69) is 210 Å². The number of aromatic nitrogens is 2. The summed E-state index contributed by atoms with van der Waals surface area (Å²) in [5.74, 6) is 1.81. The second-order valence-corrected chi connectivity index (χ2v) is 22.0. The summed E-state index contributed by atoms with van der Waals surface area (Å²) in [4.78, 5) is 17.3. The molecule has 4 aliphatic heterocycles. The molecule has 4 aliphatic rings. The van der Waals surface area contributed by atoms with Crippen LogP contribution in [0.3, 0.4) is 0 Å². The average Bonchev–Trinajstić information content (AvgIpc) is 3.39. The van der Waals surface area contributed by atoms with Crippen LogP contribution in [0, 0.1) is 0 Å². The van der Waals surface area contributed by atoms with E-state index < -0.39 is 8.07 Å². The molecule has 0 aliphatic carbocycles. The first-order valence-electron chi connectivity index (χ1n) is 22.4. The van der Waals surface area contributed by atoms with E-state index >= 15 is 0 Å². The van der Waals surface area contributed by atoms with Crippen molar-refractivity contribution in [3.63, 3.8) is 0 Å². The zero-order valence-corrected chi connectivity index (χ0v) is 37.4. The number of hydrogen-bond acceptors (Lipinski definition) is 6. The van der Waals surface area contributed by atoms with Crippen molar-refractivity contribution in [1.82, 2.24) is 9.97 Å². The van der Waals surface area contributed by atoms with Crippen molar-refractivity contribution >= 4 is 97.8 Å². The van der Waals surface area contributed by atoms with E-state index in [1.165, 1.54) is 58.3 Å². The molecule has 6 heterocycles. The molecule has 8 aromatic carbocycles. The first-order valence-corrected chi connectivity index (χ1v) is 25.2. The largest absolute Gasteiger partial charge is 0.458 e. The van der Waals surface area contributed by atoms with Gasteiger partial charge in [-0.25, -0.2) is 0 Å². The number of rotatable bonds is 4. The topological polar surface area (TPSA) is 41.5 Å². The van der Waals surface area contributed by atoms with Gasteiger partial charge in [-0.1, -0.05) is 145 Å². The van der Waals surface area contributed by atoms with E-state index in [1.807, 2.05) is 36.3 Å². The molecular formula is C58H37BN4OSSi. The summed E-state index contributed by atoms with van der Waals surface area (Å²) in [7, 11) is -3.25. The molecule has 8 heteroatoms. The maximum atomic E-state index is 7.00.